The minimum atomic E-state index is 0.410. The van der Waals surface area contributed by atoms with E-state index in [1.165, 1.54) is 5.56 Å². The summed E-state index contributed by atoms with van der Waals surface area (Å²) in [7, 11) is 1.56. The van der Waals surface area contributed by atoms with E-state index in [-0.39, 0.29) is 0 Å². The molecule has 2 rings (SSSR count). The smallest absolute Gasteiger partial charge is 0.304 e. The first kappa shape index (κ1) is 10.2. The van der Waals surface area contributed by atoms with Gasteiger partial charge in [-0.05, 0) is 19.1 Å². The minimum absolute atomic E-state index is 0.410. The number of aromatic nitrogens is 2. The summed E-state index contributed by atoms with van der Waals surface area (Å²) in [5, 5.41) is 8.15. The topological polar surface area (TPSA) is 48.2 Å². The SMILES string of the molecule is COSc1nnc(-c2ccc(C)cc2)o1. The van der Waals surface area contributed by atoms with E-state index in [0.717, 1.165) is 17.6 Å². The lowest BCUT2D eigenvalue weighted by molar-refractivity contribution is 0.427. The van der Waals surface area contributed by atoms with Gasteiger partial charge < -0.3 is 8.60 Å². The Morgan fingerprint density at radius 3 is 2.60 bits per heavy atom. The summed E-state index contributed by atoms with van der Waals surface area (Å²) in [5.41, 5.74) is 2.11. The van der Waals surface area contributed by atoms with Gasteiger partial charge in [-0.1, -0.05) is 22.8 Å². The Kier molecular flexibility index (Phi) is 3.03. The molecule has 0 aliphatic heterocycles. The van der Waals surface area contributed by atoms with Gasteiger partial charge >= 0.3 is 5.22 Å². The fraction of sp³-hybridized carbons (Fsp3) is 0.200. The third-order valence-electron chi connectivity index (χ3n) is 1.86. The van der Waals surface area contributed by atoms with Gasteiger partial charge in [-0.2, -0.15) is 0 Å². The predicted molar refractivity (Wildman–Crippen MR) is 57.3 cm³/mol. The molecule has 15 heavy (non-hydrogen) atoms. The molecule has 78 valence electrons. The molecule has 1 heterocycles. The van der Waals surface area contributed by atoms with Crippen LogP contribution in [0.1, 0.15) is 5.56 Å². The fourth-order valence-electron chi connectivity index (χ4n) is 1.13. The maximum absolute atomic E-state index is 5.37. The Bertz CT molecular complexity index is 439. The van der Waals surface area contributed by atoms with Crippen LogP contribution in [-0.2, 0) is 4.18 Å². The van der Waals surface area contributed by atoms with Crippen molar-refractivity contribution in [2.75, 3.05) is 7.11 Å². The Balaban J connectivity index is 2.25. The van der Waals surface area contributed by atoms with E-state index in [9.17, 15) is 0 Å². The van der Waals surface area contributed by atoms with Crippen molar-refractivity contribution in [2.45, 2.75) is 12.1 Å². The zero-order valence-corrected chi connectivity index (χ0v) is 9.25. The second-order valence-corrected chi connectivity index (χ2v) is 3.84. The molecule has 0 saturated carbocycles. The Morgan fingerprint density at radius 2 is 1.93 bits per heavy atom. The van der Waals surface area contributed by atoms with Crippen molar-refractivity contribution in [3.63, 3.8) is 0 Å². The Hall–Kier alpha value is -1.33. The first-order chi connectivity index (χ1) is 7.29. The maximum Gasteiger partial charge on any atom is 0.304 e. The van der Waals surface area contributed by atoms with Crippen molar-refractivity contribution in [2.24, 2.45) is 0 Å². The lowest BCUT2D eigenvalue weighted by Gasteiger charge is -1.94. The summed E-state index contributed by atoms with van der Waals surface area (Å²) in [5.74, 6) is 0.509. The standard InChI is InChI=1S/C10H10N2O2S/c1-7-3-5-8(6-4-7)9-11-12-10(14-9)15-13-2/h3-6H,1-2H3. The second-order valence-electron chi connectivity index (χ2n) is 2.99. The first-order valence-electron chi connectivity index (χ1n) is 4.41. The number of aryl methyl sites for hydroxylation is 1. The van der Waals surface area contributed by atoms with E-state index >= 15 is 0 Å². The molecule has 0 radical (unpaired) electrons. The number of hydrogen-bond donors (Lipinski definition) is 0. The molecule has 0 N–H and O–H groups in total. The molecule has 1 aromatic heterocycles. The van der Waals surface area contributed by atoms with Crippen LogP contribution in [0.15, 0.2) is 33.9 Å². The summed E-state index contributed by atoms with van der Waals surface area (Å²) in [6, 6.07) is 7.90. The molecule has 0 amide bonds. The zero-order valence-electron chi connectivity index (χ0n) is 8.43. The van der Waals surface area contributed by atoms with Gasteiger partial charge in [-0.25, -0.2) is 0 Å². The Morgan fingerprint density at radius 1 is 1.20 bits per heavy atom. The molecule has 5 heteroatoms. The van der Waals surface area contributed by atoms with Crippen LogP contribution in [0.4, 0.5) is 0 Å². The van der Waals surface area contributed by atoms with E-state index in [1.54, 1.807) is 7.11 Å². The van der Waals surface area contributed by atoms with Crippen LogP contribution in [0.2, 0.25) is 0 Å². The number of rotatable bonds is 3. The summed E-state index contributed by atoms with van der Waals surface area (Å²) in [6.45, 7) is 2.03. The van der Waals surface area contributed by atoms with Gasteiger partial charge in [0.15, 0.2) is 0 Å². The van der Waals surface area contributed by atoms with Crippen LogP contribution in [0.25, 0.3) is 11.5 Å². The number of hydrogen-bond acceptors (Lipinski definition) is 5. The highest BCUT2D eigenvalue weighted by Crippen LogP contribution is 2.23. The minimum Gasteiger partial charge on any atom is -0.410 e. The molecule has 0 unspecified atom stereocenters. The summed E-state index contributed by atoms with van der Waals surface area (Å²) in [6.07, 6.45) is 0. The third-order valence-corrected chi connectivity index (χ3v) is 2.33. The highest BCUT2D eigenvalue weighted by atomic mass is 32.2. The fourth-order valence-corrected chi connectivity index (χ4v) is 1.46. The lowest BCUT2D eigenvalue weighted by Crippen LogP contribution is -1.77. The van der Waals surface area contributed by atoms with E-state index in [2.05, 4.69) is 10.2 Å². The number of benzene rings is 1. The largest absolute Gasteiger partial charge is 0.410 e. The normalized spacial score (nSPS) is 10.5. The lowest BCUT2D eigenvalue weighted by atomic mass is 10.1. The van der Waals surface area contributed by atoms with E-state index in [0.29, 0.717) is 11.1 Å². The van der Waals surface area contributed by atoms with Crippen molar-refractivity contribution in [1.82, 2.24) is 10.2 Å². The summed E-state index contributed by atoms with van der Waals surface area (Å²) >= 11 is 1.05. The van der Waals surface area contributed by atoms with Crippen LogP contribution >= 0.6 is 12.0 Å². The van der Waals surface area contributed by atoms with Gasteiger partial charge in [0.05, 0.1) is 19.2 Å². The molecule has 0 aliphatic carbocycles. The van der Waals surface area contributed by atoms with Gasteiger partial charge in [0, 0.05) is 5.56 Å². The predicted octanol–water partition coefficient (Wildman–Crippen LogP) is 2.70. The molecule has 1 aromatic carbocycles. The quantitative estimate of drug-likeness (QED) is 0.747. The average Bonchev–Trinajstić information content (AvgIpc) is 2.68. The first-order valence-corrected chi connectivity index (χ1v) is 5.15. The van der Waals surface area contributed by atoms with Gasteiger partial charge in [0.25, 0.3) is 0 Å². The second kappa shape index (κ2) is 4.46. The van der Waals surface area contributed by atoms with E-state index < -0.39 is 0 Å². The molecule has 2 aromatic rings. The molecule has 0 fully saturated rings. The van der Waals surface area contributed by atoms with Gasteiger partial charge in [-0.3, -0.25) is 0 Å². The molecular weight excluding hydrogens is 212 g/mol. The van der Waals surface area contributed by atoms with Crippen molar-refractivity contribution >= 4 is 12.0 Å². The van der Waals surface area contributed by atoms with Crippen molar-refractivity contribution in [1.29, 1.82) is 0 Å². The zero-order chi connectivity index (χ0) is 10.7. The number of nitrogens with zero attached hydrogens (tertiary/aromatic N) is 2. The van der Waals surface area contributed by atoms with Crippen LogP contribution in [-0.4, -0.2) is 17.3 Å². The van der Waals surface area contributed by atoms with E-state index in [1.807, 2.05) is 31.2 Å². The van der Waals surface area contributed by atoms with Crippen molar-refractivity contribution in [3.05, 3.63) is 29.8 Å². The van der Waals surface area contributed by atoms with Gasteiger partial charge in [0.2, 0.25) is 5.89 Å². The molecule has 0 bridgehead atoms. The molecule has 0 saturated heterocycles. The van der Waals surface area contributed by atoms with Crippen LogP contribution in [0.5, 0.6) is 0 Å². The van der Waals surface area contributed by atoms with E-state index in [4.69, 9.17) is 8.60 Å². The van der Waals surface area contributed by atoms with Crippen molar-refractivity contribution < 1.29 is 8.60 Å². The highest BCUT2D eigenvalue weighted by Gasteiger charge is 2.08. The molecule has 0 atom stereocenters. The summed E-state index contributed by atoms with van der Waals surface area (Å²) < 4.78 is 10.2. The summed E-state index contributed by atoms with van der Waals surface area (Å²) in [4.78, 5) is 0. The van der Waals surface area contributed by atoms with Crippen LogP contribution < -0.4 is 0 Å². The highest BCUT2D eigenvalue weighted by molar-refractivity contribution is 7.94. The molecule has 0 spiro atoms. The molecular formula is C10H10N2O2S. The average molecular weight is 222 g/mol. The van der Waals surface area contributed by atoms with Crippen LogP contribution in [0.3, 0.4) is 0 Å². The Labute approximate surface area is 91.9 Å². The molecule has 0 aliphatic rings. The third kappa shape index (κ3) is 2.37. The van der Waals surface area contributed by atoms with Crippen LogP contribution in [0, 0.1) is 6.92 Å². The van der Waals surface area contributed by atoms with Gasteiger partial charge in [-0.15, -0.1) is 5.10 Å². The van der Waals surface area contributed by atoms with Gasteiger partial charge in [0.1, 0.15) is 0 Å². The van der Waals surface area contributed by atoms with Crippen molar-refractivity contribution in [3.8, 4) is 11.5 Å². The monoisotopic (exact) mass is 222 g/mol. The maximum atomic E-state index is 5.37. The molecule has 4 nitrogen and oxygen atoms in total.